The lowest BCUT2D eigenvalue weighted by molar-refractivity contribution is -0.0470. The number of benzene rings is 2. The van der Waals surface area contributed by atoms with Crippen LogP contribution in [0, 0.1) is 0 Å². The smallest absolute Gasteiger partial charge is 0.110 e. The van der Waals surface area contributed by atoms with Gasteiger partial charge < -0.3 is 14.2 Å². The molecule has 23 heavy (non-hydrogen) atoms. The predicted octanol–water partition coefficient (Wildman–Crippen LogP) is 3.72. The van der Waals surface area contributed by atoms with Crippen molar-refractivity contribution in [3.63, 3.8) is 0 Å². The van der Waals surface area contributed by atoms with Gasteiger partial charge >= 0.3 is 0 Å². The summed E-state index contributed by atoms with van der Waals surface area (Å²) in [6.07, 6.45) is 2.87. The van der Waals surface area contributed by atoms with E-state index in [-0.39, 0.29) is 18.3 Å². The Morgan fingerprint density at radius 3 is 2.04 bits per heavy atom. The number of hydrogen-bond donors (Lipinski definition) is 0. The normalized spacial score (nSPS) is 29.0. The Balaban J connectivity index is 1.29. The Morgan fingerprint density at radius 1 is 0.783 bits per heavy atom. The lowest BCUT2D eigenvalue weighted by atomic mass is 9.94. The van der Waals surface area contributed by atoms with Gasteiger partial charge in [-0.25, -0.2) is 0 Å². The summed E-state index contributed by atoms with van der Waals surface area (Å²) < 4.78 is 17.9. The zero-order valence-electron chi connectivity index (χ0n) is 13.1. The predicted molar refractivity (Wildman–Crippen MR) is 87.9 cm³/mol. The van der Waals surface area contributed by atoms with Crippen LogP contribution in [0.2, 0.25) is 0 Å². The van der Waals surface area contributed by atoms with E-state index in [1.165, 1.54) is 11.1 Å². The van der Waals surface area contributed by atoms with Crippen LogP contribution in [-0.4, -0.2) is 24.4 Å². The Labute approximate surface area is 137 Å². The van der Waals surface area contributed by atoms with Crippen LogP contribution in [0.25, 0.3) is 0 Å². The minimum Gasteiger partial charge on any atom is -0.373 e. The lowest BCUT2D eigenvalue weighted by Crippen LogP contribution is -2.34. The van der Waals surface area contributed by atoms with E-state index in [4.69, 9.17) is 14.2 Å². The molecule has 3 nitrogen and oxygen atoms in total. The zero-order chi connectivity index (χ0) is 15.5. The molecule has 0 amide bonds. The van der Waals surface area contributed by atoms with Crippen molar-refractivity contribution in [3.05, 3.63) is 71.8 Å². The van der Waals surface area contributed by atoms with Crippen molar-refractivity contribution in [1.82, 2.24) is 0 Å². The molecule has 0 radical (unpaired) electrons. The number of rotatable bonds is 6. The molecule has 2 aromatic rings. The second kappa shape index (κ2) is 6.83. The van der Waals surface area contributed by atoms with Crippen molar-refractivity contribution in [1.29, 1.82) is 0 Å². The van der Waals surface area contributed by atoms with E-state index in [9.17, 15) is 0 Å². The molecule has 1 aliphatic heterocycles. The topological polar surface area (TPSA) is 31.0 Å². The van der Waals surface area contributed by atoms with Crippen molar-refractivity contribution in [2.75, 3.05) is 0 Å². The van der Waals surface area contributed by atoms with Gasteiger partial charge in [-0.3, -0.25) is 0 Å². The van der Waals surface area contributed by atoms with E-state index in [0.29, 0.717) is 19.3 Å². The van der Waals surface area contributed by atoms with E-state index in [1.807, 2.05) is 36.4 Å². The van der Waals surface area contributed by atoms with Crippen LogP contribution in [0.3, 0.4) is 0 Å². The molecule has 2 aromatic carbocycles. The molecule has 2 fully saturated rings. The average Bonchev–Trinajstić information content (AvgIpc) is 3.39. The number of hydrogen-bond acceptors (Lipinski definition) is 3. The van der Waals surface area contributed by atoms with Gasteiger partial charge in [0.25, 0.3) is 0 Å². The van der Waals surface area contributed by atoms with Crippen molar-refractivity contribution in [2.45, 2.75) is 50.5 Å². The molecule has 4 atom stereocenters. The number of ether oxygens (including phenoxy) is 3. The van der Waals surface area contributed by atoms with Crippen molar-refractivity contribution >= 4 is 0 Å². The van der Waals surface area contributed by atoms with Gasteiger partial charge in [-0.1, -0.05) is 60.7 Å². The zero-order valence-corrected chi connectivity index (χ0v) is 13.1. The largest absolute Gasteiger partial charge is 0.373 e. The second-order valence-electron chi connectivity index (χ2n) is 6.36. The van der Waals surface area contributed by atoms with Gasteiger partial charge in [-0.15, -0.1) is 0 Å². The van der Waals surface area contributed by atoms with E-state index < -0.39 is 0 Å². The maximum atomic E-state index is 6.10. The summed E-state index contributed by atoms with van der Waals surface area (Å²) in [6.45, 7) is 1.30. The third-order valence-electron chi connectivity index (χ3n) is 4.61. The third-order valence-corrected chi connectivity index (χ3v) is 4.61. The van der Waals surface area contributed by atoms with Gasteiger partial charge in [0, 0.05) is 12.8 Å². The minimum atomic E-state index is 0.148. The molecule has 0 aromatic heterocycles. The van der Waals surface area contributed by atoms with Crippen LogP contribution < -0.4 is 0 Å². The van der Waals surface area contributed by atoms with Gasteiger partial charge in [0.2, 0.25) is 0 Å². The summed E-state index contributed by atoms with van der Waals surface area (Å²) in [5.74, 6) is 0. The summed E-state index contributed by atoms with van der Waals surface area (Å²) in [7, 11) is 0. The van der Waals surface area contributed by atoms with Gasteiger partial charge in [0.05, 0.1) is 31.5 Å². The average molecular weight is 310 g/mol. The molecule has 0 bridgehead atoms. The first-order valence-corrected chi connectivity index (χ1v) is 8.35. The Hall–Kier alpha value is -1.68. The fourth-order valence-electron chi connectivity index (χ4n) is 3.29. The monoisotopic (exact) mass is 310 g/mol. The van der Waals surface area contributed by atoms with E-state index in [2.05, 4.69) is 24.3 Å². The first-order valence-electron chi connectivity index (χ1n) is 8.35. The Bertz CT molecular complexity index is 613. The maximum absolute atomic E-state index is 6.10. The van der Waals surface area contributed by atoms with E-state index in [0.717, 1.165) is 12.8 Å². The van der Waals surface area contributed by atoms with Crippen LogP contribution in [0.4, 0.5) is 0 Å². The second-order valence-corrected chi connectivity index (χ2v) is 6.36. The number of fused-ring (bicyclic) bond motifs is 1. The highest BCUT2D eigenvalue weighted by Crippen LogP contribution is 2.40. The molecule has 4 rings (SSSR count). The molecule has 1 saturated heterocycles. The summed E-state index contributed by atoms with van der Waals surface area (Å²) in [5, 5.41) is 0. The van der Waals surface area contributed by atoms with Crippen LogP contribution in [-0.2, 0) is 27.4 Å². The molecule has 0 spiro atoms. The molecule has 120 valence electrons. The molecule has 3 heteroatoms. The fourth-order valence-corrected chi connectivity index (χ4v) is 3.29. The van der Waals surface area contributed by atoms with Crippen LogP contribution in [0.1, 0.15) is 24.0 Å². The highest BCUT2D eigenvalue weighted by Gasteiger charge is 2.51. The molecule has 1 aliphatic carbocycles. The molecule has 4 unspecified atom stereocenters. The van der Waals surface area contributed by atoms with E-state index in [1.54, 1.807) is 0 Å². The van der Waals surface area contributed by atoms with Gasteiger partial charge in [0.15, 0.2) is 0 Å². The molecule has 2 aliphatic rings. The fraction of sp³-hybridized carbons (Fsp3) is 0.400. The maximum Gasteiger partial charge on any atom is 0.110 e. The highest BCUT2D eigenvalue weighted by molar-refractivity contribution is 5.14. The number of epoxide rings is 1. The molecular formula is C20H22O3. The van der Waals surface area contributed by atoms with Gasteiger partial charge in [-0.2, -0.15) is 0 Å². The highest BCUT2D eigenvalue weighted by atomic mass is 16.6. The summed E-state index contributed by atoms with van der Waals surface area (Å²) >= 11 is 0. The third kappa shape index (κ3) is 3.81. The summed E-state index contributed by atoms with van der Waals surface area (Å²) in [4.78, 5) is 0. The molecular weight excluding hydrogens is 288 g/mol. The molecule has 1 saturated carbocycles. The van der Waals surface area contributed by atoms with Crippen LogP contribution in [0.5, 0.6) is 0 Å². The van der Waals surface area contributed by atoms with Gasteiger partial charge in [0.1, 0.15) is 6.10 Å². The van der Waals surface area contributed by atoms with E-state index >= 15 is 0 Å². The quantitative estimate of drug-likeness (QED) is 0.762. The lowest BCUT2D eigenvalue weighted by Gasteiger charge is -2.26. The molecule has 0 N–H and O–H groups in total. The minimum absolute atomic E-state index is 0.148. The van der Waals surface area contributed by atoms with Crippen molar-refractivity contribution in [3.8, 4) is 0 Å². The first kappa shape index (κ1) is 14.9. The summed E-state index contributed by atoms with van der Waals surface area (Å²) in [6, 6.07) is 20.6. The first-order chi connectivity index (χ1) is 11.4. The Kier molecular flexibility index (Phi) is 4.42. The standard InChI is InChI=1S/C20H22O3/c1-3-7-15(8-4-1)13-21-17-11-18(20-19(12-17)23-20)22-14-16-9-5-2-6-10-16/h1-10,17-20H,11-14H2. The van der Waals surface area contributed by atoms with Gasteiger partial charge in [-0.05, 0) is 11.1 Å². The van der Waals surface area contributed by atoms with Crippen molar-refractivity contribution < 1.29 is 14.2 Å². The van der Waals surface area contributed by atoms with Crippen LogP contribution >= 0.6 is 0 Å². The summed E-state index contributed by atoms with van der Waals surface area (Å²) in [5.41, 5.74) is 2.42. The van der Waals surface area contributed by atoms with Crippen LogP contribution in [0.15, 0.2) is 60.7 Å². The Morgan fingerprint density at radius 2 is 1.39 bits per heavy atom. The molecule has 1 heterocycles. The van der Waals surface area contributed by atoms with Crippen molar-refractivity contribution in [2.24, 2.45) is 0 Å². The SMILES string of the molecule is c1ccc(COC2CC(OCc3ccccc3)C3OC3C2)cc1.